The summed E-state index contributed by atoms with van der Waals surface area (Å²) in [5.41, 5.74) is 1.58. The maximum atomic E-state index is 12.0. The zero-order chi connectivity index (χ0) is 20.8. The van der Waals surface area contributed by atoms with E-state index in [4.69, 9.17) is 4.42 Å². The smallest absolute Gasteiger partial charge is 0.407 e. The molecule has 152 valence electrons. The highest BCUT2D eigenvalue weighted by Crippen LogP contribution is 2.20. The van der Waals surface area contributed by atoms with Crippen LogP contribution in [0.15, 0.2) is 57.7 Å². The van der Waals surface area contributed by atoms with Crippen molar-refractivity contribution in [1.82, 2.24) is 9.88 Å². The Balaban J connectivity index is 1.47. The standard InChI is InChI=1S/C20H22N4O5/c1-22(15-6-3-2-4-7-15)13-11-21-19(25)8-5-12-23-17-10-9-16(24(27)28)14-18(17)29-20(23)26/h2-4,6-7,9-10,14H,5,8,11-13H2,1H3,(H,21,25). The lowest BCUT2D eigenvalue weighted by Crippen LogP contribution is -2.33. The van der Waals surface area contributed by atoms with Crippen molar-refractivity contribution >= 4 is 28.4 Å². The Morgan fingerprint density at radius 3 is 2.72 bits per heavy atom. The fourth-order valence-electron chi connectivity index (χ4n) is 3.04. The van der Waals surface area contributed by atoms with Gasteiger partial charge in [0.15, 0.2) is 5.58 Å². The van der Waals surface area contributed by atoms with E-state index in [9.17, 15) is 19.7 Å². The van der Waals surface area contributed by atoms with E-state index in [-0.39, 0.29) is 23.6 Å². The van der Waals surface area contributed by atoms with Crippen molar-refractivity contribution in [3.8, 4) is 0 Å². The maximum Gasteiger partial charge on any atom is 0.419 e. The molecule has 1 N–H and O–H groups in total. The average Bonchev–Trinajstić information content (AvgIpc) is 3.03. The number of hydrogen-bond acceptors (Lipinski definition) is 6. The minimum Gasteiger partial charge on any atom is -0.407 e. The summed E-state index contributed by atoms with van der Waals surface area (Å²) in [5, 5.41) is 13.7. The molecule has 9 nitrogen and oxygen atoms in total. The van der Waals surface area contributed by atoms with E-state index in [0.717, 1.165) is 5.69 Å². The first kappa shape index (κ1) is 20.1. The van der Waals surface area contributed by atoms with Gasteiger partial charge < -0.3 is 14.6 Å². The summed E-state index contributed by atoms with van der Waals surface area (Å²) >= 11 is 0. The number of nitro groups is 1. The Morgan fingerprint density at radius 1 is 1.24 bits per heavy atom. The Hall–Kier alpha value is -3.62. The minimum atomic E-state index is -0.592. The van der Waals surface area contributed by atoms with E-state index in [0.29, 0.717) is 31.6 Å². The van der Waals surface area contributed by atoms with Crippen LogP contribution in [0.25, 0.3) is 11.1 Å². The Kier molecular flexibility index (Phi) is 6.28. The van der Waals surface area contributed by atoms with E-state index >= 15 is 0 Å². The van der Waals surface area contributed by atoms with E-state index < -0.39 is 10.7 Å². The largest absolute Gasteiger partial charge is 0.419 e. The summed E-state index contributed by atoms with van der Waals surface area (Å²) in [6, 6.07) is 13.9. The molecule has 0 aliphatic rings. The van der Waals surface area contributed by atoms with Crippen molar-refractivity contribution in [2.24, 2.45) is 0 Å². The van der Waals surface area contributed by atoms with Crippen LogP contribution < -0.4 is 16.0 Å². The lowest BCUT2D eigenvalue weighted by atomic mass is 10.2. The molecule has 0 saturated carbocycles. The molecule has 1 aromatic heterocycles. The number of nitrogens with zero attached hydrogens (tertiary/aromatic N) is 3. The van der Waals surface area contributed by atoms with Crippen molar-refractivity contribution in [1.29, 1.82) is 0 Å². The summed E-state index contributed by atoms with van der Waals surface area (Å²) in [6.07, 6.45) is 0.715. The van der Waals surface area contributed by atoms with Gasteiger partial charge in [0, 0.05) is 44.9 Å². The molecule has 0 fully saturated rings. The summed E-state index contributed by atoms with van der Waals surface area (Å²) in [5.74, 6) is -0.687. The van der Waals surface area contributed by atoms with Crippen LogP contribution in [0.4, 0.5) is 11.4 Å². The van der Waals surface area contributed by atoms with E-state index in [1.165, 1.54) is 22.8 Å². The van der Waals surface area contributed by atoms with Gasteiger partial charge in [-0.3, -0.25) is 19.5 Å². The second-order valence-electron chi connectivity index (χ2n) is 6.64. The van der Waals surface area contributed by atoms with E-state index in [1.54, 1.807) is 0 Å². The minimum absolute atomic E-state index is 0.0945. The molecule has 9 heteroatoms. The number of nitro benzene ring substituents is 1. The lowest BCUT2D eigenvalue weighted by Gasteiger charge is -2.19. The number of hydrogen-bond donors (Lipinski definition) is 1. The van der Waals surface area contributed by atoms with Gasteiger partial charge in [-0.25, -0.2) is 4.79 Å². The summed E-state index contributed by atoms with van der Waals surface area (Å²) in [6.45, 7) is 1.49. The molecule has 2 aromatic carbocycles. The number of rotatable bonds is 9. The molecular formula is C20H22N4O5. The van der Waals surface area contributed by atoms with Crippen molar-refractivity contribution < 1.29 is 14.1 Å². The van der Waals surface area contributed by atoms with Crippen LogP contribution in [0.2, 0.25) is 0 Å². The van der Waals surface area contributed by atoms with Gasteiger partial charge >= 0.3 is 5.76 Å². The van der Waals surface area contributed by atoms with Crippen molar-refractivity contribution in [2.45, 2.75) is 19.4 Å². The second kappa shape index (κ2) is 9.05. The zero-order valence-corrected chi connectivity index (χ0v) is 16.0. The number of aryl methyl sites for hydroxylation is 1. The van der Waals surface area contributed by atoms with E-state index in [1.807, 2.05) is 37.4 Å². The molecule has 0 atom stereocenters. The highest BCUT2D eigenvalue weighted by Gasteiger charge is 2.14. The van der Waals surface area contributed by atoms with Crippen LogP contribution in [0.1, 0.15) is 12.8 Å². The first-order valence-electron chi connectivity index (χ1n) is 9.26. The average molecular weight is 398 g/mol. The number of likely N-dealkylation sites (N-methyl/N-ethyl adjacent to an activating group) is 1. The number of amides is 1. The molecule has 0 saturated heterocycles. The third-order valence-electron chi connectivity index (χ3n) is 4.61. The van der Waals surface area contributed by atoms with Crippen LogP contribution in [0.3, 0.4) is 0 Å². The quantitative estimate of drug-likeness (QED) is 0.438. The van der Waals surface area contributed by atoms with Gasteiger partial charge in [-0.15, -0.1) is 0 Å². The number of para-hydroxylation sites is 1. The van der Waals surface area contributed by atoms with Crippen molar-refractivity contribution in [3.63, 3.8) is 0 Å². The molecule has 0 bridgehead atoms. The van der Waals surface area contributed by atoms with Crippen LogP contribution in [-0.2, 0) is 11.3 Å². The number of benzene rings is 2. The molecule has 3 rings (SSSR count). The predicted octanol–water partition coefficient (Wildman–Crippen LogP) is 2.54. The Labute approximate surface area is 166 Å². The first-order chi connectivity index (χ1) is 14.0. The topological polar surface area (TPSA) is 111 Å². The molecule has 0 aliphatic heterocycles. The van der Waals surface area contributed by atoms with Gasteiger partial charge in [0.05, 0.1) is 16.5 Å². The van der Waals surface area contributed by atoms with E-state index in [2.05, 4.69) is 10.2 Å². The SMILES string of the molecule is CN(CCNC(=O)CCCn1c(=O)oc2cc([N+](=O)[O-])ccc21)c1ccccc1. The fourth-order valence-corrected chi connectivity index (χ4v) is 3.04. The van der Waals surface area contributed by atoms with Crippen LogP contribution in [0.5, 0.6) is 0 Å². The molecule has 0 spiro atoms. The maximum absolute atomic E-state index is 12.0. The summed E-state index contributed by atoms with van der Waals surface area (Å²) in [7, 11) is 1.96. The molecule has 0 aliphatic carbocycles. The summed E-state index contributed by atoms with van der Waals surface area (Å²) in [4.78, 5) is 36.4. The molecule has 29 heavy (non-hydrogen) atoms. The Morgan fingerprint density at radius 2 is 2.00 bits per heavy atom. The first-order valence-corrected chi connectivity index (χ1v) is 9.26. The van der Waals surface area contributed by atoms with Gasteiger partial charge in [0.25, 0.3) is 5.69 Å². The third-order valence-corrected chi connectivity index (χ3v) is 4.61. The number of carbonyl (C=O) groups is 1. The Bertz CT molecular complexity index is 1060. The van der Waals surface area contributed by atoms with Crippen LogP contribution in [-0.4, -0.2) is 35.5 Å². The fraction of sp³-hybridized carbons (Fsp3) is 0.300. The van der Waals surface area contributed by atoms with Gasteiger partial charge in [-0.2, -0.15) is 0 Å². The highest BCUT2D eigenvalue weighted by molar-refractivity contribution is 5.76. The third kappa shape index (κ3) is 5.01. The number of oxazole rings is 1. The van der Waals surface area contributed by atoms with Gasteiger partial charge in [0.1, 0.15) is 0 Å². The molecule has 0 radical (unpaired) electrons. The number of aromatic nitrogens is 1. The summed E-state index contributed by atoms with van der Waals surface area (Å²) < 4.78 is 6.46. The lowest BCUT2D eigenvalue weighted by molar-refractivity contribution is -0.384. The monoisotopic (exact) mass is 398 g/mol. The van der Waals surface area contributed by atoms with Gasteiger partial charge in [0.2, 0.25) is 5.91 Å². The van der Waals surface area contributed by atoms with Crippen molar-refractivity contribution in [3.05, 3.63) is 69.2 Å². The molecule has 1 amide bonds. The number of non-ortho nitro benzene ring substituents is 1. The number of carbonyl (C=O) groups excluding carboxylic acids is 1. The van der Waals surface area contributed by atoms with Gasteiger partial charge in [-0.1, -0.05) is 18.2 Å². The number of anilines is 1. The molecule has 1 heterocycles. The molecule has 0 unspecified atom stereocenters. The molecule has 3 aromatic rings. The predicted molar refractivity (Wildman–Crippen MR) is 109 cm³/mol. The van der Waals surface area contributed by atoms with Gasteiger partial charge in [-0.05, 0) is 24.6 Å². The number of nitrogens with one attached hydrogen (secondary N) is 1. The zero-order valence-electron chi connectivity index (χ0n) is 16.0. The normalized spacial score (nSPS) is 10.8. The van der Waals surface area contributed by atoms with Crippen LogP contribution in [0, 0.1) is 10.1 Å². The number of fused-ring (bicyclic) bond motifs is 1. The highest BCUT2D eigenvalue weighted by atomic mass is 16.6. The second-order valence-corrected chi connectivity index (χ2v) is 6.64. The molecular weight excluding hydrogens is 376 g/mol. The van der Waals surface area contributed by atoms with Crippen molar-refractivity contribution in [2.75, 3.05) is 25.0 Å². The van der Waals surface area contributed by atoms with Crippen LogP contribution >= 0.6 is 0 Å².